The first kappa shape index (κ1) is 21.1. The van der Waals surface area contributed by atoms with Crippen LogP contribution in [-0.2, 0) is 10.0 Å². The van der Waals surface area contributed by atoms with Crippen LogP contribution in [-0.4, -0.2) is 56.9 Å². The van der Waals surface area contributed by atoms with Crippen molar-refractivity contribution >= 4 is 32.4 Å². The van der Waals surface area contributed by atoms with Gasteiger partial charge in [0.15, 0.2) is 0 Å². The molecule has 2 N–H and O–H groups in total. The van der Waals surface area contributed by atoms with Gasteiger partial charge in [0.1, 0.15) is 0 Å². The van der Waals surface area contributed by atoms with Crippen LogP contribution in [0.15, 0.2) is 41.3 Å². The summed E-state index contributed by atoms with van der Waals surface area (Å²) in [7, 11) is -3.47. The molecule has 0 amide bonds. The van der Waals surface area contributed by atoms with E-state index in [-0.39, 0.29) is 0 Å². The summed E-state index contributed by atoms with van der Waals surface area (Å²) in [6, 6.07) is 10.8. The van der Waals surface area contributed by atoms with Crippen molar-refractivity contribution in [3.05, 3.63) is 41.4 Å². The summed E-state index contributed by atoms with van der Waals surface area (Å²) in [6.07, 6.45) is 4.98. The molecule has 2 aromatic carbocycles. The van der Waals surface area contributed by atoms with Gasteiger partial charge in [0.25, 0.3) is 0 Å². The molecule has 1 aliphatic carbocycles. The Labute approximate surface area is 178 Å². The van der Waals surface area contributed by atoms with Gasteiger partial charge in [-0.05, 0) is 79.1 Å². The third-order valence-corrected chi connectivity index (χ3v) is 8.69. The molecule has 0 unspecified atom stereocenters. The van der Waals surface area contributed by atoms with Crippen molar-refractivity contribution in [3.63, 3.8) is 0 Å². The van der Waals surface area contributed by atoms with Gasteiger partial charge in [-0.3, -0.25) is 0 Å². The average Bonchev–Trinajstić information content (AvgIpc) is 2.74. The van der Waals surface area contributed by atoms with Gasteiger partial charge in [0.05, 0.1) is 4.90 Å². The highest BCUT2D eigenvalue weighted by Crippen LogP contribution is 2.29. The monoisotopic (exact) mass is 435 g/mol. The van der Waals surface area contributed by atoms with Crippen LogP contribution in [0.4, 0.5) is 0 Å². The second kappa shape index (κ2) is 8.90. The smallest absolute Gasteiger partial charge is 0.243 e. The van der Waals surface area contributed by atoms with Crippen molar-refractivity contribution in [1.29, 1.82) is 0 Å². The van der Waals surface area contributed by atoms with E-state index in [1.165, 1.54) is 25.7 Å². The fraction of sp³-hybridized carbons (Fsp3) is 0.545. The van der Waals surface area contributed by atoms with E-state index in [9.17, 15) is 8.42 Å². The maximum absolute atomic E-state index is 13.1. The Morgan fingerprint density at radius 2 is 1.52 bits per heavy atom. The van der Waals surface area contributed by atoms with Gasteiger partial charge in [0.2, 0.25) is 10.0 Å². The van der Waals surface area contributed by atoms with Gasteiger partial charge >= 0.3 is 0 Å². The number of nitrogens with two attached hydrogens (primary N) is 1. The first-order valence-corrected chi connectivity index (χ1v) is 12.4. The third-order valence-electron chi connectivity index (χ3n) is 6.56. The zero-order valence-electron chi connectivity index (χ0n) is 16.8. The number of fused-ring (bicyclic) bond motifs is 1. The van der Waals surface area contributed by atoms with Crippen LogP contribution >= 0.6 is 11.6 Å². The second-order valence-corrected chi connectivity index (χ2v) is 10.9. The Morgan fingerprint density at radius 1 is 0.897 bits per heavy atom. The molecule has 7 heteroatoms. The van der Waals surface area contributed by atoms with Crippen LogP contribution in [0.2, 0.25) is 5.02 Å². The van der Waals surface area contributed by atoms with Crippen molar-refractivity contribution in [2.24, 2.45) is 17.6 Å². The van der Waals surface area contributed by atoms with Crippen LogP contribution in [0.3, 0.4) is 0 Å². The highest BCUT2D eigenvalue weighted by molar-refractivity contribution is 7.89. The molecule has 4 rings (SSSR count). The Kier molecular flexibility index (Phi) is 6.47. The van der Waals surface area contributed by atoms with Gasteiger partial charge in [-0.2, -0.15) is 4.31 Å². The van der Waals surface area contributed by atoms with Crippen molar-refractivity contribution < 1.29 is 8.42 Å². The predicted octanol–water partition coefficient (Wildman–Crippen LogP) is 3.56. The molecule has 1 aliphatic heterocycles. The summed E-state index contributed by atoms with van der Waals surface area (Å²) in [6.45, 7) is 4.61. The Balaban J connectivity index is 1.37. The normalized spacial score (nSPS) is 24.8. The van der Waals surface area contributed by atoms with Gasteiger partial charge < -0.3 is 10.6 Å². The first-order chi connectivity index (χ1) is 14.0. The molecular weight excluding hydrogens is 406 g/mol. The highest BCUT2D eigenvalue weighted by atomic mass is 35.5. The average molecular weight is 436 g/mol. The lowest BCUT2D eigenvalue weighted by molar-refractivity contribution is 0.141. The molecule has 0 atom stereocenters. The highest BCUT2D eigenvalue weighted by Gasteiger charge is 2.30. The van der Waals surface area contributed by atoms with Crippen molar-refractivity contribution in [1.82, 2.24) is 9.21 Å². The molecule has 2 fully saturated rings. The Bertz CT molecular complexity index is 950. The van der Waals surface area contributed by atoms with Crippen molar-refractivity contribution in [3.8, 4) is 0 Å². The topological polar surface area (TPSA) is 66.6 Å². The van der Waals surface area contributed by atoms with Crippen LogP contribution in [0.5, 0.6) is 0 Å². The molecule has 1 saturated heterocycles. The Hall–Kier alpha value is -1.18. The fourth-order valence-corrected chi connectivity index (χ4v) is 6.31. The number of nitrogens with zero attached hydrogens (tertiary/aromatic N) is 2. The van der Waals surface area contributed by atoms with E-state index < -0.39 is 10.0 Å². The number of hydrogen-bond acceptors (Lipinski definition) is 4. The van der Waals surface area contributed by atoms with Crippen LogP contribution in [0.25, 0.3) is 10.8 Å². The van der Waals surface area contributed by atoms with Gasteiger partial charge in [-0.25, -0.2) is 8.42 Å². The van der Waals surface area contributed by atoms with E-state index in [1.807, 2.05) is 18.2 Å². The summed E-state index contributed by atoms with van der Waals surface area (Å²) in [5.74, 6) is 1.43. The maximum Gasteiger partial charge on any atom is 0.243 e. The third kappa shape index (κ3) is 4.78. The SMILES string of the molecule is NCC1CCC(CN2CCN(S(=O)(=O)c3ccc4cc(Cl)ccc4c3)CC2)CC1. The van der Waals surface area contributed by atoms with E-state index in [0.29, 0.717) is 28.9 Å². The standard InChI is InChI=1S/C22H30ClN3O2S/c23-21-7-5-20-14-22(8-6-19(20)13-21)29(27,28)26-11-9-25(10-12-26)16-18-3-1-17(15-24)2-4-18/h5-8,13-14,17-18H,1-4,9-12,15-16,24H2. The lowest BCUT2D eigenvalue weighted by atomic mass is 9.82. The molecule has 5 nitrogen and oxygen atoms in total. The van der Waals surface area contributed by atoms with Crippen LogP contribution in [0, 0.1) is 11.8 Å². The summed E-state index contributed by atoms with van der Waals surface area (Å²) in [5, 5.41) is 2.49. The lowest BCUT2D eigenvalue weighted by Gasteiger charge is -2.37. The lowest BCUT2D eigenvalue weighted by Crippen LogP contribution is -2.49. The summed E-state index contributed by atoms with van der Waals surface area (Å²) < 4.78 is 27.9. The summed E-state index contributed by atoms with van der Waals surface area (Å²) in [4.78, 5) is 2.79. The second-order valence-electron chi connectivity index (χ2n) is 8.48. The Morgan fingerprint density at radius 3 is 2.21 bits per heavy atom. The molecule has 0 bridgehead atoms. The van der Waals surface area contributed by atoms with E-state index in [4.69, 9.17) is 17.3 Å². The number of rotatable bonds is 5. The molecule has 29 heavy (non-hydrogen) atoms. The predicted molar refractivity (Wildman–Crippen MR) is 119 cm³/mol. The van der Waals surface area contributed by atoms with Gasteiger partial charge in [-0.15, -0.1) is 0 Å². The van der Waals surface area contributed by atoms with Crippen LogP contribution < -0.4 is 5.73 Å². The minimum absolute atomic E-state index is 0.362. The molecule has 1 heterocycles. The molecule has 2 aromatic rings. The minimum Gasteiger partial charge on any atom is -0.330 e. The first-order valence-electron chi connectivity index (χ1n) is 10.6. The quantitative estimate of drug-likeness (QED) is 0.779. The van der Waals surface area contributed by atoms with Crippen LogP contribution in [0.1, 0.15) is 25.7 Å². The molecule has 1 saturated carbocycles. The number of hydrogen-bond donors (Lipinski definition) is 1. The molecular formula is C22H30ClN3O2S. The molecule has 0 spiro atoms. The largest absolute Gasteiger partial charge is 0.330 e. The van der Waals surface area contributed by atoms with E-state index >= 15 is 0 Å². The summed E-state index contributed by atoms with van der Waals surface area (Å²) in [5.41, 5.74) is 5.80. The molecule has 0 radical (unpaired) electrons. The van der Waals surface area contributed by atoms with Gasteiger partial charge in [0, 0.05) is 37.7 Å². The number of benzene rings is 2. The molecule has 0 aromatic heterocycles. The number of halogens is 1. The van der Waals surface area contributed by atoms with Gasteiger partial charge in [-0.1, -0.05) is 23.7 Å². The number of piperazine rings is 1. The fourth-order valence-electron chi connectivity index (χ4n) is 4.67. The van der Waals surface area contributed by atoms with Crippen molar-refractivity contribution in [2.45, 2.75) is 30.6 Å². The molecule has 2 aliphatic rings. The summed E-state index contributed by atoms with van der Waals surface area (Å²) >= 11 is 6.03. The maximum atomic E-state index is 13.1. The van der Waals surface area contributed by atoms with E-state index in [2.05, 4.69) is 4.90 Å². The van der Waals surface area contributed by atoms with E-state index in [1.54, 1.807) is 22.5 Å². The minimum atomic E-state index is -3.47. The van der Waals surface area contributed by atoms with Crippen molar-refractivity contribution in [2.75, 3.05) is 39.3 Å². The zero-order valence-corrected chi connectivity index (χ0v) is 18.3. The number of sulfonamides is 1. The zero-order chi connectivity index (χ0) is 20.4. The van der Waals surface area contributed by atoms with E-state index in [0.717, 1.165) is 42.9 Å². The molecule has 158 valence electrons.